The summed E-state index contributed by atoms with van der Waals surface area (Å²) in [4.78, 5) is 23.0. The molecule has 0 aromatic heterocycles. The number of aryl methyl sites for hydroxylation is 1. The number of carbonyl (C=O) groups excluding carboxylic acids is 1. The van der Waals surface area contributed by atoms with Crippen LogP contribution >= 0.6 is 11.6 Å². The van der Waals surface area contributed by atoms with Gasteiger partial charge in [0.25, 0.3) is 5.91 Å². The Morgan fingerprint density at radius 1 is 0.967 bits per heavy atom. The molecule has 0 bridgehead atoms. The summed E-state index contributed by atoms with van der Waals surface area (Å²) in [7, 11) is 0. The number of carbonyl (C=O) groups is 2. The highest BCUT2D eigenvalue weighted by Crippen LogP contribution is 2.22. The van der Waals surface area contributed by atoms with Crippen LogP contribution < -0.4 is 15.4 Å². The summed E-state index contributed by atoms with van der Waals surface area (Å²) in [5.74, 6) is -0.701. The zero-order valence-corrected chi connectivity index (χ0v) is 17.1. The van der Waals surface area contributed by atoms with Crippen LogP contribution in [0.2, 0.25) is 5.02 Å². The molecule has 3 rings (SSSR count). The van der Waals surface area contributed by atoms with E-state index in [1.165, 1.54) is 6.07 Å². The molecule has 154 valence electrons. The molecular weight excluding hydrogens is 404 g/mol. The fraction of sp³-hybridized carbons (Fsp3) is 0.130. The largest absolute Gasteiger partial charge is 0.484 e. The van der Waals surface area contributed by atoms with E-state index in [1.807, 2.05) is 43.3 Å². The van der Waals surface area contributed by atoms with Gasteiger partial charge in [0.15, 0.2) is 6.61 Å². The molecule has 0 fully saturated rings. The van der Waals surface area contributed by atoms with E-state index in [9.17, 15) is 9.59 Å². The second-order valence-corrected chi connectivity index (χ2v) is 7.11. The lowest BCUT2D eigenvalue weighted by molar-refractivity contribution is -0.118. The van der Waals surface area contributed by atoms with Crippen LogP contribution in [0.15, 0.2) is 66.7 Å². The molecule has 0 radical (unpaired) electrons. The minimum absolute atomic E-state index is 0.0649. The van der Waals surface area contributed by atoms with Gasteiger partial charge in [-0.3, -0.25) is 4.79 Å². The number of anilines is 2. The predicted molar refractivity (Wildman–Crippen MR) is 117 cm³/mol. The Hall–Kier alpha value is -3.51. The fourth-order valence-corrected chi connectivity index (χ4v) is 2.95. The summed E-state index contributed by atoms with van der Waals surface area (Å²) in [6.07, 6.45) is 0. The van der Waals surface area contributed by atoms with Crippen molar-refractivity contribution in [3.8, 4) is 5.75 Å². The molecule has 7 heteroatoms. The average molecular weight is 425 g/mol. The second kappa shape index (κ2) is 9.80. The van der Waals surface area contributed by atoms with Crippen LogP contribution in [0.4, 0.5) is 11.4 Å². The number of amides is 1. The first kappa shape index (κ1) is 21.2. The Kier molecular flexibility index (Phi) is 6.93. The highest BCUT2D eigenvalue weighted by atomic mass is 35.5. The topological polar surface area (TPSA) is 87.7 Å². The summed E-state index contributed by atoms with van der Waals surface area (Å²) in [6, 6.07) is 19.6. The smallest absolute Gasteiger partial charge is 0.337 e. The van der Waals surface area contributed by atoms with Gasteiger partial charge < -0.3 is 20.5 Å². The third kappa shape index (κ3) is 5.99. The molecule has 0 unspecified atom stereocenters. The zero-order valence-electron chi connectivity index (χ0n) is 16.3. The van der Waals surface area contributed by atoms with Gasteiger partial charge in [-0.25, -0.2) is 4.79 Å². The Labute approximate surface area is 179 Å². The van der Waals surface area contributed by atoms with Crippen LogP contribution in [0.5, 0.6) is 5.75 Å². The molecule has 0 heterocycles. The van der Waals surface area contributed by atoms with E-state index in [1.54, 1.807) is 24.3 Å². The first-order valence-corrected chi connectivity index (χ1v) is 9.63. The molecule has 30 heavy (non-hydrogen) atoms. The van der Waals surface area contributed by atoms with Crippen molar-refractivity contribution in [2.75, 3.05) is 17.2 Å². The summed E-state index contributed by atoms with van der Waals surface area (Å²) in [5.41, 5.74) is 3.63. The van der Waals surface area contributed by atoms with Crippen molar-refractivity contribution in [1.82, 2.24) is 0 Å². The Bertz CT molecular complexity index is 1030. The van der Waals surface area contributed by atoms with Gasteiger partial charge in [0.2, 0.25) is 0 Å². The normalized spacial score (nSPS) is 10.3. The number of nitrogens with one attached hydrogen (secondary N) is 2. The van der Waals surface area contributed by atoms with E-state index < -0.39 is 5.97 Å². The summed E-state index contributed by atoms with van der Waals surface area (Å²) < 4.78 is 5.53. The van der Waals surface area contributed by atoms with Crippen molar-refractivity contribution in [1.29, 1.82) is 0 Å². The summed E-state index contributed by atoms with van der Waals surface area (Å²) >= 11 is 5.98. The minimum atomic E-state index is -1.06. The number of carboxylic acids is 1. The van der Waals surface area contributed by atoms with E-state index in [0.717, 1.165) is 22.5 Å². The van der Waals surface area contributed by atoms with Crippen LogP contribution in [0.3, 0.4) is 0 Å². The van der Waals surface area contributed by atoms with Crippen molar-refractivity contribution in [2.45, 2.75) is 13.5 Å². The lowest BCUT2D eigenvalue weighted by atomic mass is 10.2. The first-order chi connectivity index (χ1) is 14.4. The van der Waals surface area contributed by atoms with Crippen LogP contribution in [0, 0.1) is 6.92 Å². The molecule has 0 atom stereocenters. The van der Waals surface area contributed by atoms with Gasteiger partial charge in [0.1, 0.15) is 5.75 Å². The number of halogens is 1. The van der Waals surface area contributed by atoms with Crippen molar-refractivity contribution in [3.05, 3.63) is 88.4 Å². The number of ether oxygens (including phenoxy) is 1. The third-order valence-corrected chi connectivity index (χ3v) is 4.64. The van der Waals surface area contributed by atoms with Crippen LogP contribution in [-0.2, 0) is 11.3 Å². The number of benzene rings is 3. The monoisotopic (exact) mass is 424 g/mol. The Morgan fingerprint density at radius 3 is 2.27 bits per heavy atom. The molecule has 0 aliphatic rings. The predicted octanol–water partition coefficient (Wildman–Crippen LogP) is 4.98. The van der Waals surface area contributed by atoms with Gasteiger partial charge in [-0.1, -0.05) is 41.4 Å². The molecule has 3 aromatic carbocycles. The third-order valence-electron chi connectivity index (χ3n) is 4.32. The molecule has 1 amide bonds. The van der Waals surface area contributed by atoms with Crippen LogP contribution in [-0.4, -0.2) is 23.6 Å². The molecule has 0 aliphatic carbocycles. The van der Waals surface area contributed by atoms with Gasteiger partial charge >= 0.3 is 5.97 Å². The summed E-state index contributed by atoms with van der Waals surface area (Å²) in [6.45, 7) is 2.43. The van der Waals surface area contributed by atoms with E-state index in [-0.39, 0.29) is 23.1 Å². The standard InChI is InChI=1S/C23H21ClN2O4/c1-15-2-6-17(7-3-15)26-22(27)14-30-19-9-4-16(5-10-19)13-25-18-8-11-20(23(28)29)21(24)12-18/h2-12,25H,13-14H2,1H3,(H,26,27)(H,28,29). The lowest BCUT2D eigenvalue weighted by Gasteiger charge is -2.10. The maximum atomic E-state index is 12.0. The highest BCUT2D eigenvalue weighted by Gasteiger charge is 2.09. The van der Waals surface area contributed by atoms with E-state index in [2.05, 4.69) is 10.6 Å². The number of hydrogen-bond donors (Lipinski definition) is 3. The van der Waals surface area contributed by atoms with Crippen molar-refractivity contribution < 1.29 is 19.4 Å². The highest BCUT2D eigenvalue weighted by molar-refractivity contribution is 6.33. The number of hydrogen-bond acceptors (Lipinski definition) is 4. The van der Waals surface area contributed by atoms with Gasteiger partial charge in [0.05, 0.1) is 10.6 Å². The summed E-state index contributed by atoms with van der Waals surface area (Å²) in [5, 5.41) is 15.2. The number of carboxylic acid groups (broad SMARTS) is 1. The molecule has 6 nitrogen and oxygen atoms in total. The number of rotatable bonds is 8. The fourth-order valence-electron chi connectivity index (χ4n) is 2.69. The molecule has 0 saturated heterocycles. The van der Waals surface area contributed by atoms with Crippen LogP contribution in [0.25, 0.3) is 0 Å². The second-order valence-electron chi connectivity index (χ2n) is 6.70. The lowest BCUT2D eigenvalue weighted by Crippen LogP contribution is -2.20. The SMILES string of the molecule is Cc1ccc(NC(=O)COc2ccc(CNc3ccc(C(=O)O)c(Cl)c3)cc2)cc1. The molecule has 0 spiro atoms. The van der Waals surface area contributed by atoms with Gasteiger partial charge in [-0.2, -0.15) is 0 Å². The van der Waals surface area contributed by atoms with Gasteiger partial charge in [-0.05, 0) is 55.0 Å². The average Bonchev–Trinajstić information content (AvgIpc) is 2.73. The van der Waals surface area contributed by atoms with Crippen molar-refractivity contribution in [3.63, 3.8) is 0 Å². The number of aromatic carboxylic acids is 1. The van der Waals surface area contributed by atoms with Crippen molar-refractivity contribution >= 4 is 34.9 Å². The Morgan fingerprint density at radius 2 is 1.63 bits per heavy atom. The van der Waals surface area contributed by atoms with Gasteiger partial charge in [-0.15, -0.1) is 0 Å². The first-order valence-electron chi connectivity index (χ1n) is 9.26. The van der Waals surface area contributed by atoms with E-state index in [0.29, 0.717) is 12.3 Å². The molecular formula is C23H21ClN2O4. The molecule has 0 saturated carbocycles. The Balaban J connectivity index is 1.47. The maximum absolute atomic E-state index is 12.0. The zero-order chi connectivity index (χ0) is 21.5. The van der Waals surface area contributed by atoms with Crippen LogP contribution in [0.1, 0.15) is 21.5 Å². The molecule has 0 aliphatic heterocycles. The molecule has 3 aromatic rings. The van der Waals surface area contributed by atoms with Gasteiger partial charge in [0, 0.05) is 17.9 Å². The maximum Gasteiger partial charge on any atom is 0.337 e. The minimum Gasteiger partial charge on any atom is -0.484 e. The molecule has 3 N–H and O–H groups in total. The van der Waals surface area contributed by atoms with E-state index in [4.69, 9.17) is 21.4 Å². The van der Waals surface area contributed by atoms with Crippen molar-refractivity contribution in [2.24, 2.45) is 0 Å². The van der Waals surface area contributed by atoms with E-state index >= 15 is 0 Å². The quantitative estimate of drug-likeness (QED) is 0.475.